The SMILES string of the molecule is COC(OCc1ccc(C(F)(F)F)cc1)=C(C)C. The van der Waals surface area contributed by atoms with Crippen molar-refractivity contribution in [3.8, 4) is 0 Å². The fourth-order valence-electron chi connectivity index (χ4n) is 1.35. The van der Waals surface area contributed by atoms with E-state index in [1.54, 1.807) is 0 Å². The molecule has 0 aliphatic rings. The van der Waals surface area contributed by atoms with Gasteiger partial charge in [-0.2, -0.15) is 13.2 Å². The second-order valence-electron chi connectivity index (χ2n) is 3.97. The number of hydrogen-bond acceptors (Lipinski definition) is 2. The van der Waals surface area contributed by atoms with Gasteiger partial charge >= 0.3 is 6.18 Å². The second kappa shape index (κ2) is 5.80. The Morgan fingerprint density at radius 2 is 1.67 bits per heavy atom. The topological polar surface area (TPSA) is 18.5 Å². The summed E-state index contributed by atoms with van der Waals surface area (Å²) in [7, 11) is 1.48. The van der Waals surface area contributed by atoms with Crippen LogP contribution in [-0.2, 0) is 22.3 Å². The normalized spacial score (nSPS) is 11.0. The first-order valence-corrected chi connectivity index (χ1v) is 5.35. The molecule has 0 N–H and O–H groups in total. The highest BCUT2D eigenvalue weighted by Crippen LogP contribution is 2.29. The van der Waals surface area contributed by atoms with Crippen LogP contribution in [0.15, 0.2) is 35.8 Å². The largest absolute Gasteiger partial charge is 0.469 e. The average Bonchev–Trinajstić information content (AvgIpc) is 2.29. The number of rotatable bonds is 4. The van der Waals surface area contributed by atoms with E-state index in [2.05, 4.69) is 0 Å². The molecule has 0 aromatic heterocycles. The first kappa shape index (κ1) is 14.4. The molecule has 2 nitrogen and oxygen atoms in total. The van der Waals surface area contributed by atoms with E-state index < -0.39 is 11.7 Å². The molecule has 0 atom stereocenters. The number of ether oxygens (including phenoxy) is 2. The Kier molecular flexibility index (Phi) is 4.64. The lowest BCUT2D eigenvalue weighted by atomic mass is 10.1. The fourth-order valence-corrected chi connectivity index (χ4v) is 1.35. The molecule has 0 aliphatic heterocycles. The standard InChI is InChI=1S/C13H15F3O2/c1-9(2)12(17-3)18-8-10-4-6-11(7-5-10)13(14,15)16/h4-7H,8H2,1-3H3. The van der Waals surface area contributed by atoms with E-state index in [4.69, 9.17) is 9.47 Å². The van der Waals surface area contributed by atoms with Gasteiger partial charge in [-0.1, -0.05) is 12.1 Å². The highest BCUT2D eigenvalue weighted by atomic mass is 19.4. The third-order valence-corrected chi connectivity index (χ3v) is 2.24. The lowest BCUT2D eigenvalue weighted by Crippen LogP contribution is -2.05. The Morgan fingerprint density at radius 3 is 2.06 bits per heavy atom. The van der Waals surface area contributed by atoms with Gasteiger partial charge < -0.3 is 9.47 Å². The average molecular weight is 260 g/mol. The molecule has 0 saturated heterocycles. The molecule has 0 heterocycles. The Morgan fingerprint density at radius 1 is 1.11 bits per heavy atom. The van der Waals surface area contributed by atoms with Crippen LogP contribution < -0.4 is 0 Å². The molecule has 1 aromatic rings. The number of allylic oxidation sites excluding steroid dienone is 1. The van der Waals surface area contributed by atoms with Gasteiger partial charge in [0.2, 0.25) is 0 Å². The molecule has 0 amide bonds. The van der Waals surface area contributed by atoms with Gasteiger partial charge in [0.15, 0.2) is 0 Å². The van der Waals surface area contributed by atoms with E-state index in [1.807, 2.05) is 13.8 Å². The Labute approximate surface area is 104 Å². The van der Waals surface area contributed by atoms with E-state index in [-0.39, 0.29) is 6.61 Å². The van der Waals surface area contributed by atoms with Gasteiger partial charge in [0.25, 0.3) is 5.95 Å². The number of hydrogen-bond donors (Lipinski definition) is 0. The maximum absolute atomic E-state index is 12.3. The summed E-state index contributed by atoms with van der Waals surface area (Å²) in [5.74, 6) is 0.384. The minimum absolute atomic E-state index is 0.173. The molecular weight excluding hydrogens is 245 g/mol. The van der Waals surface area contributed by atoms with Crippen LogP contribution in [0.25, 0.3) is 0 Å². The van der Waals surface area contributed by atoms with Crippen molar-refractivity contribution >= 4 is 0 Å². The van der Waals surface area contributed by atoms with Crippen molar-refractivity contribution < 1.29 is 22.6 Å². The fraction of sp³-hybridized carbons (Fsp3) is 0.385. The van der Waals surface area contributed by atoms with E-state index in [9.17, 15) is 13.2 Å². The van der Waals surface area contributed by atoms with E-state index in [0.29, 0.717) is 11.5 Å². The van der Waals surface area contributed by atoms with Gasteiger partial charge in [-0.3, -0.25) is 0 Å². The van der Waals surface area contributed by atoms with Crippen LogP contribution in [0, 0.1) is 0 Å². The minimum Gasteiger partial charge on any atom is -0.469 e. The van der Waals surface area contributed by atoms with Crippen molar-refractivity contribution in [1.29, 1.82) is 0 Å². The third-order valence-electron chi connectivity index (χ3n) is 2.24. The number of methoxy groups -OCH3 is 1. The Hall–Kier alpha value is -1.65. The zero-order valence-electron chi connectivity index (χ0n) is 10.5. The zero-order chi connectivity index (χ0) is 13.8. The van der Waals surface area contributed by atoms with E-state index >= 15 is 0 Å². The maximum atomic E-state index is 12.3. The van der Waals surface area contributed by atoms with E-state index in [0.717, 1.165) is 17.7 Å². The molecule has 18 heavy (non-hydrogen) atoms. The molecular formula is C13H15F3O2. The molecule has 1 rings (SSSR count). The summed E-state index contributed by atoms with van der Waals surface area (Å²) in [4.78, 5) is 0. The first-order chi connectivity index (χ1) is 8.34. The number of benzene rings is 1. The van der Waals surface area contributed by atoms with Gasteiger partial charge in [0.05, 0.1) is 12.7 Å². The molecule has 5 heteroatoms. The maximum Gasteiger partial charge on any atom is 0.416 e. The van der Waals surface area contributed by atoms with Crippen molar-refractivity contribution in [2.24, 2.45) is 0 Å². The van der Waals surface area contributed by atoms with E-state index in [1.165, 1.54) is 19.2 Å². The van der Waals surface area contributed by atoms with Crippen LogP contribution in [0.2, 0.25) is 0 Å². The summed E-state index contributed by atoms with van der Waals surface area (Å²) in [5.41, 5.74) is 0.851. The Bertz CT molecular complexity index is 415. The summed E-state index contributed by atoms with van der Waals surface area (Å²) in [6.07, 6.45) is -4.31. The molecule has 0 aliphatic carbocycles. The molecule has 1 aromatic carbocycles. The number of alkyl halides is 3. The number of halogens is 3. The van der Waals surface area contributed by atoms with Crippen LogP contribution in [-0.4, -0.2) is 7.11 Å². The van der Waals surface area contributed by atoms with Gasteiger partial charge in [-0.25, -0.2) is 0 Å². The van der Waals surface area contributed by atoms with Gasteiger partial charge in [0, 0.05) is 5.57 Å². The van der Waals surface area contributed by atoms with Gasteiger partial charge in [-0.15, -0.1) is 0 Å². The molecule has 0 radical (unpaired) electrons. The van der Waals surface area contributed by atoms with Gasteiger partial charge in [-0.05, 0) is 31.5 Å². The molecule has 0 saturated carbocycles. The van der Waals surface area contributed by atoms with Crippen molar-refractivity contribution in [2.75, 3.05) is 7.11 Å². The smallest absolute Gasteiger partial charge is 0.416 e. The van der Waals surface area contributed by atoms with Crippen LogP contribution in [0.5, 0.6) is 0 Å². The van der Waals surface area contributed by atoms with Crippen molar-refractivity contribution in [2.45, 2.75) is 26.6 Å². The molecule has 0 spiro atoms. The third kappa shape index (κ3) is 3.98. The molecule has 0 unspecified atom stereocenters. The quantitative estimate of drug-likeness (QED) is 0.758. The van der Waals surface area contributed by atoms with Crippen molar-refractivity contribution in [3.05, 3.63) is 46.9 Å². The molecule has 0 fully saturated rings. The summed E-state index contributed by atoms with van der Waals surface area (Å²) in [6.45, 7) is 3.82. The second-order valence-corrected chi connectivity index (χ2v) is 3.97. The van der Waals surface area contributed by atoms with Crippen molar-refractivity contribution in [3.63, 3.8) is 0 Å². The highest BCUT2D eigenvalue weighted by Gasteiger charge is 2.29. The monoisotopic (exact) mass is 260 g/mol. The summed E-state index contributed by atoms with van der Waals surface area (Å²) >= 11 is 0. The minimum atomic E-state index is -4.31. The lowest BCUT2D eigenvalue weighted by molar-refractivity contribution is -0.137. The van der Waals surface area contributed by atoms with Crippen molar-refractivity contribution in [1.82, 2.24) is 0 Å². The van der Waals surface area contributed by atoms with Crippen LogP contribution in [0.1, 0.15) is 25.0 Å². The van der Waals surface area contributed by atoms with Crippen LogP contribution in [0.4, 0.5) is 13.2 Å². The predicted octanol–water partition coefficient (Wildman–Crippen LogP) is 4.12. The molecule has 0 bridgehead atoms. The van der Waals surface area contributed by atoms with Crippen LogP contribution in [0.3, 0.4) is 0 Å². The van der Waals surface area contributed by atoms with Crippen LogP contribution >= 0.6 is 0 Å². The lowest BCUT2D eigenvalue weighted by Gasteiger charge is -2.11. The Balaban J connectivity index is 2.68. The van der Waals surface area contributed by atoms with Gasteiger partial charge in [0.1, 0.15) is 6.61 Å². The zero-order valence-corrected chi connectivity index (χ0v) is 10.5. The highest BCUT2D eigenvalue weighted by molar-refractivity contribution is 5.24. The first-order valence-electron chi connectivity index (χ1n) is 5.35. The predicted molar refractivity (Wildman–Crippen MR) is 61.6 cm³/mol. The summed E-state index contributed by atoms with van der Waals surface area (Å²) < 4.78 is 47.3. The summed E-state index contributed by atoms with van der Waals surface area (Å²) in [6, 6.07) is 4.85. The summed E-state index contributed by atoms with van der Waals surface area (Å²) in [5, 5.41) is 0. The molecule has 100 valence electrons.